The molecule has 0 unspecified atom stereocenters. The highest BCUT2D eigenvalue weighted by molar-refractivity contribution is 9.10. The minimum atomic E-state index is 0.412. The van der Waals surface area contributed by atoms with Crippen LogP contribution in [0.5, 0.6) is 5.75 Å². The molecule has 0 fully saturated rings. The van der Waals surface area contributed by atoms with E-state index in [1.807, 2.05) is 22.9 Å². The molecule has 2 rings (SSSR count). The van der Waals surface area contributed by atoms with Crippen LogP contribution in [0.2, 0.25) is 0 Å². The van der Waals surface area contributed by atoms with Crippen LogP contribution in [0.1, 0.15) is 25.2 Å². The summed E-state index contributed by atoms with van der Waals surface area (Å²) in [5, 5.41) is 4.99. The van der Waals surface area contributed by atoms with E-state index >= 15 is 0 Å². The first kappa shape index (κ1) is 15.5. The lowest BCUT2D eigenvalue weighted by atomic mass is 10.2. The number of ether oxygens (including phenoxy) is 1. The molecule has 1 heterocycles. The normalized spacial score (nSPS) is 11.1. The van der Waals surface area contributed by atoms with Gasteiger partial charge in [0.1, 0.15) is 18.7 Å². The summed E-state index contributed by atoms with van der Waals surface area (Å²) in [6.45, 7) is 5.57. The molecular weight excluding hydrogens is 386 g/mol. The fourth-order valence-corrected chi connectivity index (χ4v) is 2.82. The van der Waals surface area contributed by atoms with Crippen molar-refractivity contribution >= 4 is 31.9 Å². The molecule has 6 heteroatoms. The van der Waals surface area contributed by atoms with E-state index in [0.29, 0.717) is 12.5 Å². The van der Waals surface area contributed by atoms with Gasteiger partial charge in [-0.05, 0) is 27.9 Å². The van der Waals surface area contributed by atoms with Crippen LogP contribution >= 0.6 is 31.9 Å². The smallest absolute Gasteiger partial charge is 0.164 e. The number of nitrogens with zero attached hydrogens (tertiary/aromatic N) is 3. The zero-order valence-corrected chi connectivity index (χ0v) is 14.7. The zero-order chi connectivity index (χ0) is 14.5. The topological polar surface area (TPSA) is 39.9 Å². The second-order valence-corrected chi connectivity index (χ2v) is 6.32. The van der Waals surface area contributed by atoms with E-state index in [-0.39, 0.29) is 0 Å². The Morgan fingerprint density at radius 1 is 1.35 bits per heavy atom. The molecule has 2 aromatic rings. The molecule has 0 aliphatic carbocycles. The third-order valence-electron chi connectivity index (χ3n) is 2.77. The summed E-state index contributed by atoms with van der Waals surface area (Å²) in [6, 6.07) is 6.00. The van der Waals surface area contributed by atoms with Crippen molar-refractivity contribution in [3.05, 3.63) is 40.4 Å². The van der Waals surface area contributed by atoms with Gasteiger partial charge in [-0.25, -0.2) is 9.67 Å². The van der Waals surface area contributed by atoms with Crippen molar-refractivity contribution in [2.24, 2.45) is 5.92 Å². The lowest BCUT2D eigenvalue weighted by Gasteiger charge is -2.13. The van der Waals surface area contributed by atoms with Crippen molar-refractivity contribution in [1.82, 2.24) is 14.8 Å². The molecule has 0 radical (unpaired) electrons. The third-order valence-corrected chi connectivity index (χ3v) is 4.00. The van der Waals surface area contributed by atoms with E-state index in [0.717, 1.165) is 33.5 Å². The van der Waals surface area contributed by atoms with E-state index in [1.165, 1.54) is 0 Å². The Balaban J connectivity index is 2.11. The minimum absolute atomic E-state index is 0.412. The van der Waals surface area contributed by atoms with Gasteiger partial charge >= 0.3 is 0 Å². The maximum atomic E-state index is 5.93. The van der Waals surface area contributed by atoms with Crippen molar-refractivity contribution in [1.29, 1.82) is 0 Å². The number of hydrogen-bond donors (Lipinski definition) is 0. The highest BCUT2D eigenvalue weighted by Gasteiger charge is 2.11. The molecule has 0 amide bonds. The number of para-hydroxylation sites is 1. The molecule has 0 aliphatic rings. The third kappa shape index (κ3) is 3.82. The molecule has 4 nitrogen and oxygen atoms in total. The molecule has 0 aliphatic heterocycles. The van der Waals surface area contributed by atoms with Gasteiger partial charge in [-0.1, -0.05) is 41.9 Å². The average molecular weight is 403 g/mol. The van der Waals surface area contributed by atoms with Crippen molar-refractivity contribution in [2.45, 2.75) is 32.3 Å². The molecule has 0 atom stereocenters. The van der Waals surface area contributed by atoms with Gasteiger partial charge in [-0.3, -0.25) is 0 Å². The van der Waals surface area contributed by atoms with Gasteiger partial charge in [-0.15, -0.1) is 0 Å². The number of halogens is 2. The number of benzene rings is 1. The Morgan fingerprint density at radius 2 is 2.15 bits per heavy atom. The van der Waals surface area contributed by atoms with Crippen LogP contribution in [0.4, 0.5) is 0 Å². The van der Waals surface area contributed by atoms with Gasteiger partial charge < -0.3 is 4.74 Å². The predicted octanol–water partition coefficient (Wildman–Crippen LogP) is 4.17. The van der Waals surface area contributed by atoms with Crippen LogP contribution in [-0.4, -0.2) is 14.8 Å². The molecule has 108 valence electrons. The molecule has 0 N–H and O–H groups in total. The van der Waals surface area contributed by atoms with Crippen molar-refractivity contribution in [3.63, 3.8) is 0 Å². The predicted molar refractivity (Wildman–Crippen MR) is 86.0 cm³/mol. The van der Waals surface area contributed by atoms with E-state index in [1.54, 1.807) is 6.33 Å². The van der Waals surface area contributed by atoms with Crippen molar-refractivity contribution in [3.8, 4) is 5.75 Å². The molecule has 0 saturated heterocycles. The summed E-state index contributed by atoms with van der Waals surface area (Å²) in [7, 11) is 0. The molecule has 20 heavy (non-hydrogen) atoms. The maximum Gasteiger partial charge on any atom is 0.164 e. The van der Waals surface area contributed by atoms with Gasteiger partial charge in [0.25, 0.3) is 0 Å². The number of alkyl halides is 1. The molecule has 1 aromatic heterocycles. The summed E-state index contributed by atoms with van der Waals surface area (Å²) in [4.78, 5) is 4.27. The largest absolute Gasteiger partial charge is 0.484 e. The van der Waals surface area contributed by atoms with E-state index in [4.69, 9.17) is 4.74 Å². The fourth-order valence-electron chi connectivity index (χ4n) is 1.86. The Bertz CT molecular complexity index is 569. The number of aromatic nitrogens is 3. The molecular formula is C14H17Br2N3O. The summed E-state index contributed by atoms with van der Waals surface area (Å²) in [6.07, 6.45) is 1.58. The van der Waals surface area contributed by atoms with Crippen LogP contribution in [0, 0.1) is 5.92 Å². The first-order valence-corrected chi connectivity index (χ1v) is 8.36. The molecule has 0 saturated carbocycles. The maximum absolute atomic E-state index is 5.93. The average Bonchev–Trinajstić information content (AvgIpc) is 2.83. The quantitative estimate of drug-likeness (QED) is 0.680. The fraction of sp³-hybridized carbons (Fsp3) is 0.429. The SMILES string of the molecule is CC(C)Cn1ncnc1COc1c(Br)cccc1CBr. The summed E-state index contributed by atoms with van der Waals surface area (Å²) >= 11 is 7.00. The molecule has 0 bridgehead atoms. The Labute approximate surface area is 135 Å². The second kappa shape index (κ2) is 7.22. The van der Waals surface area contributed by atoms with E-state index < -0.39 is 0 Å². The monoisotopic (exact) mass is 401 g/mol. The minimum Gasteiger partial charge on any atom is -0.484 e. The second-order valence-electron chi connectivity index (χ2n) is 4.90. The van der Waals surface area contributed by atoms with E-state index in [9.17, 15) is 0 Å². The number of hydrogen-bond acceptors (Lipinski definition) is 3. The molecule has 0 spiro atoms. The lowest BCUT2D eigenvalue weighted by molar-refractivity contribution is 0.279. The van der Waals surface area contributed by atoms with Gasteiger partial charge in [0.2, 0.25) is 0 Å². The van der Waals surface area contributed by atoms with Crippen LogP contribution in [0.3, 0.4) is 0 Å². The highest BCUT2D eigenvalue weighted by Crippen LogP contribution is 2.31. The van der Waals surface area contributed by atoms with Gasteiger partial charge in [0.15, 0.2) is 5.82 Å². The number of rotatable bonds is 6. The summed E-state index contributed by atoms with van der Waals surface area (Å²) in [5.74, 6) is 2.22. The Hall–Kier alpha value is -0.880. The Kier molecular flexibility index (Phi) is 5.60. The van der Waals surface area contributed by atoms with Gasteiger partial charge in [0.05, 0.1) is 4.47 Å². The van der Waals surface area contributed by atoms with Crippen LogP contribution in [0.15, 0.2) is 29.0 Å². The lowest BCUT2D eigenvalue weighted by Crippen LogP contribution is -2.12. The van der Waals surface area contributed by atoms with Crippen LogP contribution in [0.25, 0.3) is 0 Å². The van der Waals surface area contributed by atoms with Crippen molar-refractivity contribution in [2.75, 3.05) is 0 Å². The van der Waals surface area contributed by atoms with Gasteiger partial charge in [-0.2, -0.15) is 5.10 Å². The molecule has 1 aromatic carbocycles. The zero-order valence-electron chi connectivity index (χ0n) is 11.5. The van der Waals surface area contributed by atoms with E-state index in [2.05, 4.69) is 55.8 Å². The van der Waals surface area contributed by atoms with Gasteiger partial charge in [0, 0.05) is 17.4 Å². The standard InChI is InChI=1S/C14H17Br2N3O/c1-10(2)7-19-13(17-9-18-19)8-20-14-11(6-15)4-3-5-12(14)16/h3-5,9-10H,6-8H2,1-2H3. The van der Waals surface area contributed by atoms with Crippen LogP contribution in [-0.2, 0) is 18.5 Å². The Morgan fingerprint density at radius 3 is 2.85 bits per heavy atom. The highest BCUT2D eigenvalue weighted by atomic mass is 79.9. The first-order chi connectivity index (χ1) is 9.61. The van der Waals surface area contributed by atoms with Crippen molar-refractivity contribution < 1.29 is 4.74 Å². The summed E-state index contributed by atoms with van der Waals surface area (Å²) < 4.78 is 8.77. The summed E-state index contributed by atoms with van der Waals surface area (Å²) in [5.41, 5.74) is 1.11. The van der Waals surface area contributed by atoms with Crippen LogP contribution < -0.4 is 4.74 Å². The first-order valence-electron chi connectivity index (χ1n) is 6.44.